The van der Waals surface area contributed by atoms with E-state index >= 15 is 0 Å². The molecule has 0 spiro atoms. The molecule has 0 saturated heterocycles. The fourth-order valence-electron chi connectivity index (χ4n) is 2.59. The molecule has 0 aliphatic carbocycles. The van der Waals surface area contributed by atoms with E-state index < -0.39 is 0 Å². The number of anilines is 1. The third-order valence-corrected chi connectivity index (χ3v) is 4.78. The summed E-state index contributed by atoms with van der Waals surface area (Å²) in [6.45, 7) is 2.52. The highest BCUT2D eigenvalue weighted by Crippen LogP contribution is 2.35. The molecule has 0 bridgehead atoms. The molecule has 0 unspecified atom stereocenters. The number of hydrogen-bond acceptors (Lipinski definition) is 7. The van der Waals surface area contributed by atoms with Gasteiger partial charge in [0, 0.05) is 12.1 Å². The fourth-order valence-corrected chi connectivity index (χ4v) is 3.48. The van der Waals surface area contributed by atoms with Crippen LogP contribution in [0, 0.1) is 0 Å². The van der Waals surface area contributed by atoms with Gasteiger partial charge in [-0.25, -0.2) is 4.98 Å². The number of aromatic nitrogens is 1. The molecular formula is C19H20N2O5S. The molecule has 0 aliphatic heterocycles. The Morgan fingerprint density at radius 1 is 1.04 bits per heavy atom. The number of ether oxygens (including phenoxy) is 4. The molecule has 1 N–H and O–H groups in total. The Morgan fingerprint density at radius 2 is 1.74 bits per heavy atom. The van der Waals surface area contributed by atoms with Gasteiger partial charge in [0.25, 0.3) is 5.91 Å². The minimum atomic E-state index is -0.350. The van der Waals surface area contributed by atoms with Crippen LogP contribution < -0.4 is 24.3 Å². The summed E-state index contributed by atoms with van der Waals surface area (Å²) in [4.78, 5) is 17.2. The van der Waals surface area contributed by atoms with Crippen molar-refractivity contribution in [1.29, 1.82) is 0 Å². The first-order chi connectivity index (χ1) is 13.1. The highest BCUT2D eigenvalue weighted by atomic mass is 32.1. The molecule has 3 aromatic rings. The van der Waals surface area contributed by atoms with Crippen LogP contribution in [0.3, 0.4) is 0 Å². The van der Waals surface area contributed by atoms with Gasteiger partial charge in [-0.2, -0.15) is 0 Å². The molecule has 8 heteroatoms. The predicted molar refractivity (Wildman–Crippen MR) is 105 cm³/mol. The van der Waals surface area contributed by atoms with E-state index in [1.165, 1.54) is 32.7 Å². The molecule has 0 radical (unpaired) electrons. The fraction of sp³-hybridized carbons (Fsp3) is 0.263. The van der Waals surface area contributed by atoms with E-state index in [0.717, 1.165) is 16.0 Å². The summed E-state index contributed by atoms with van der Waals surface area (Å²) in [5, 5.41) is 3.30. The Morgan fingerprint density at radius 3 is 2.41 bits per heavy atom. The van der Waals surface area contributed by atoms with Crippen LogP contribution in [0.1, 0.15) is 17.3 Å². The first-order valence-corrected chi connectivity index (χ1v) is 9.06. The topological polar surface area (TPSA) is 78.9 Å². The van der Waals surface area contributed by atoms with Gasteiger partial charge in [0.15, 0.2) is 16.6 Å². The Hall–Kier alpha value is -3.00. The lowest BCUT2D eigenvalue weighted by atomic mass is 10.1. The molecule has 3 rings (SSSR count). The zero-order chi connectivity index (χ0) is 19.4. The maximum absolute atomic E-state index is 12.8. The van der Waals surface area contributed by atoms with Crippen molar-refractivity contribution in [3.05, 3.63) is 35.9 Å². The van der Waals surface area contributed by atoms with E-state index in [-0.39, 0.29) is 5.91 Å². The van der Waals surface area contributed by atoms with Crippen molar-refractivity contribution in [2.24, 2.45) is 0 Å². The summed E-state index contributed by atoms with van der Waals surface area (Å²) >= 11 is 1.37. The van der Waals surface area contributed by atoms with Crippen LogP contribution in [0.2, 0.25) is 0 Å². The molecule has 27 heavy (non-hydrogen) atoms. The van der Waals surface area contributed by atoms with Crippen molar-refractivity contribution in [2.45, 2.75) is 6.92 Å². The average Bonchev–Trinajstić information content (AvgIpc) is 3.08. The van der Waals surface area contributed by atoms with E-state index in [1.54, 1.807) is 12.1 Å². The number of carbonyl (C=O) groups is 1. The number of amides is 1. The van der Waals surface area contributed by atoms with Crippen molar-refractivity contribution < 1.29 is 23.7 Å². The second-order valence-corrected chi connectivity index (χ2v) is 6.47. The Kier molecular flexibility index (Phi) is 5.66. The van der Waals surface area contributed by atoms with Gasteiger partial charge in [0.1, 0.15) is 11.5 Å². The first-order valence-electron chi connectivity index (χ1n) is 8.24. The van der Waals surface area contributed by atoms with E-state index in [9.17, 15) is 4.79 Å². The summed E-state index contributed by atoms with van der Waals surface area (Å²) in [6, 6.07) is 8.81. The van der Waals surface area contributed by atoms with Gasteiger partial charge in [-0.3, -0.25) is 10.1 Å². The maximum atomic E-state index is 12.8. The minimum absolute atomic E-state index is 0.324. The van der Waals surface area contributed by atoms with Crippen LogP contribution in [0.4, 0.5) is 5.13 Å². The first kappa shape index (κ1) is 18.8. The quantitative estimate of drug-likeness (QED) is 0.660. The second kappa shape index (κ2) is 8.13. The Labute approximate surface area is 160 Å². The van der Waals surface area contributed by atoms with E-state index in [4.69, 9.17) is 18.9 Å². The number of methoxy groups -OCH3 is 3. The van der Waals surface area contributed by atoms with Gasteiger partial charge >= 0.3 is 0 Å². The van der Waals surface area contributed by atoms with Gasteiger partial charge in [0.2, 0.25) is 0 Å². The SMILES string of the molecule is CCOc1ccc2nc(NC(=O)c3cc(OC)c(OC)cc3OC)sc2c1. The number of carbonyl (C=O) groups excluding carboxylic acids is 1. The lowest BCUT2D eigenvalue weighted by Crippen LogP contribution is -2.13. The van der Waals surface area contributed by atoms with Gasteiger partial charge in [-0.15, -0.1) is 0 Å². The van der Waals surface area contributed by atoms with Crippen molar-refractivity contribution in [3.8, 4) is 23.0 Å². The van der Waals surface area contributed by atoms with E-state index in [2.05, 4.69) is 10.3 Å². The number of thiazole rings is 1. The van der Waals surface area contributed by atoms with Crippen LogP contribution in [-0.4, -0.2) is 38.8 Å². The summed E-state index contributed by atoms with van der Waals surface area (Å²) in [5.41, 5.74) is 1.11. The third kappa shape index (κ3) is 3.90. The lowest BCUT2D eigenvalue weighted by Gasteiger charge is -2.13. The van der Waals surface area contributed by atoms with Crippen LogP contribution in [0.5, 0.6) is 23.0 Å². The minimum Gasteiger partial charge on any atom is -0.496 e. The zero-order valence-electron chi connectivity index (χ0n) is 15.5. The third-order valence-electron chi connectivity index (χ3n) is 3.84. The zero-order valence-corrected chi connectivity index (χ0v) is 16.3. The Balaban J connectivity index is 1.89. The number of nitrogens with one attached hydrogen (secondary N) is 1. The standard InChI is InChI=1S/C19H20N2O5S/c1-5-26-11-6-7-13-17(8-11)27-19(20-13)21-18(22)12-9-15(24-3)16(25-4)10-14(12)23-2/h6-10H,5H2,1-4H3,(H,20,21,22). The number of fused-ring (bicyclic) bond motifs is 1. The second-order valence-electron chi connectivity index (χ2n) is 5.44. The largest absolute Gasteiger partial charge is 0.496 e. The summed E-state index contributed by atoms with van der Waals surface area (Å²) < 4.78 is 22.3. The van der Waals surface area contributed by atoms with Gasteiger partial charge in [-0.05, 0) is 25.1 Å². The summed E-state index contributed by atoms with van der Waals surface area (Å²) in [7, 11) is 4.52. The smallest absolute Gasteiger partial charge is 0.261 e. The number of hydrogen-bond donors (Lipinski definition) is 1. The summed E-state index contributed by atoms with van der Waals surface area (Å²) in [5.74, 6) is 1.72. The molecule has 7 nitrogen and oxygen atoms in total. The molecular weight excluding hydrogens is 368 g/mol. The molecule has 0 fully saturated rings. The number of rotatable bonds is 7. The number of benzene rings is 2. The average molecular weight is 388 g/mol. The van der Waals surface area contributed by atoms with Gasteiger partial charge < -0.3 is 18.9 Å². The van der Waals surface area contributed by atoms with Crippen LogP contribution in [0.15, 0.2) is 30.3 Å². The maximum Gasteiger partial charge on any atom is 0.261 e. The van der Waals surface area contributed by atoms with E-state index in [0.29, 0.717) is 34.6 Å². The van der Waals surface area contributed by atoms with Crippen molar-refractivity contribution in [2.75, 3.05) is 33.3 Å². The highest BCUT2D eigenvalue weighted by Gasteiger charge is 2.19. The predicted octanol–water partition coefficient (Wildman–Crippen LogP) is 3.97. The molecule has 1 aromatic heterocycles. The van der Waals surface area contributed by atoms with Crippen LogP contribution in [0.25, 0.3) is 10.2 Å². The molecule has 0 atom stereocenters. The molecule has 0 aliphatic rings. The number of nitrogens with zero attached hydrogens (tertiary/aromatic N) is 1. The molecule has 2 aromatic carbocycles. The normalized spacial score (nSPS) is 10.5. The molecule has 142 valence electrons. The van der Waals surface area contributed by atoms with Gasteiger partial charge in [0.05, 0.1) is 43.7 Å². The van der Waals surface area contributed by atoms with Crippen molar-refractivity contribution in [3.63, 3.8) is 0 Å². The van der Waals surface area contributed by atoms with Crippen LogP contribution in [-0.2, 0) is 0 Å². The molecule has 1 heterocycles. The highest BCUT2D eigenvalue weighted by molar-refractivity contribution is 7.22. The monoisotopic (exact) mass is 388 g/mol. The van der Waals surface area contributed by atoms with Crippen molar-refractivity contribution in [1.82, 2.24) is 4.98 Å². The van der Waals surface area contributed by atoms with Gasteiger partial charge in [-0.1, -0.05) is 11.3 Å². The van der Waals surface area contributed by atoms with Crippen LogP contribution >= 0.6 is 11.3 Å². The molecule has 0 saturated carbocycles. The lowest BCUT2D eigenvalue weighted by molar-refractivity contribution is 0.102. The van der Waals surface area contributed by atoms with E-state index in [1.807, 2.05) is 25.1 Å². The molecule has 1 amide bonds. The Bertz CT molecular complexity index is 970. The van der Waals surface area contributed by atoms with Crippen molar-refractivity contribution >= 4 is 32.6 Å². The summed E-state index contributed by atoms with van der Waals surface area (Å²) in [6.07, 6.45) is 0.